The van der Waals surface area contributed by atoms with Gasteiger partial charge in [-0.05, 0) is 35.9 Å². The number of amides is 1. The van der Waals surface area contributed by atoms with E-state index in [0.717, 1.165) is 22.1 Å². The zero-order valence-electron chi connectivity index (χ0n) is 17.1. The number of nitrogens with one attached hydrogen (secondary N) is 2. The fraction of sp³-hybridized carbons (Fsp3) is 0.136. The predicted molar refractivity (Wildman–Crippen MR) is 119 cm³/mol. The summed E-state index contributed by atoms with van der Waals surface area (Å²) in [4.78, 5) is 16.2. The number of sulfone groups is 1. The topological polar surface area (TPSA) is 114 Å². The third-order valence-corrected chi connectivity index (χ3v) is 5.87. The maximum absolute atomic E-state index is 11.9. The molecule has 0 bridgehead atoms. The van der Waals surface area contributed by atoms with Crippen molar-refractivity contribution in [2.45, 2.75) is 11.8 Å². The summed E-state index contributed by atoms with van der Waals surface area (Å²) in [6.07, 6.45) is 2.83. The van der Waals surface area contributed by atoms with Crippen molar-refractivity contribution in [2.75, 3.05) is 18.7 Å². The van der Waals surface area contributed by atoms with Crippen molar-refractivity contribution in [2.24, 2.45) is 0 Å². The smallest absolute Gasteiger partial charge is 0.221 e. The van der Waals surface area contributed by atoms with Crippen molar-refractivity contribution < 1.29 is 17.9 Å². The molecule has 158 valence electrons. The van der Waals surface area contributed by atoms with E-state index in [2.05, 4.69) is 20.5 Å². The number of methoxy groups -OCH3 is 1. The highest BCUT2D eigenvalue weighted by Crippen LogP contribution is 2.33. The number of H-pyrrole nitrogens is 1. The van der Waals surface area contributed by atoms with E-state index in [9.17, 15) is 13.2 Å². The summed E-state index contributed by atoms with van der Waals surface area (Å²) in [7, 11) is -1.77. The lowest BCUT2D eigenvalue weighted by Gasteiger charge is -2.09. The van der Waals surface area contributed by atoms with E-state index in [1.165, 1.54) is 13.2 Å². The van der Waals surface area contributed by atoms with Gasteiger partial charge in [-0.3, -0.25) is 9.89 Å². The van der Waals surface area contributed by atoms with Gasteiger partial charge < -0.3 is 10.1 Å². The second-order valence-corrected chi connectivity index (χ2v) is 9.14. The highest BCUT2D eigenvalue weighted by atomic mass is 32.2. The Hall–Kier alpha value is -3.72. The van der Waals surface area contributed by atoms with Gasteiger partial charge in [0.2, 0.25) is 5.91 Å². The van der Waals surface area contributed by atoms with Crippen LogP contribution in [0.25, 0.3) is 33.4 Å². The van der Waals surface area contributed by atoms with Crippen LogP contribution in [0.4, 0.5) is 5.69 Å². The average Bonchev–Trinajstić information content (AvgIpc) is 3.15. The number of rotatable bonds is 5. The number of aromatic nitrogens is 3. The highest BCUT2D eigenvalue weighted by molar-refractivity contribution is 7.90. The third-order valence-electron chi connectivity index (χ3n) is 4.76. The van der Waals surface area contributed by atoms with Gasteiger partial charge in [0.05, 0.1) is 17.7 Å². The summed E-state index contributed by atoms with van der Waals surface area (Å²) in [5, 5.41) is 10.8. The molecule has 0 atom stereocenters. The van der Waals surface area contributed by atoms with Crippen molar-refractivity contribution in [3.05, 3.63) is 54.7 Å². The average molecular weight is 436 g/mol. The molecule has 31 heavy (non-hydrogen) atoms. The Morgan fingerprint density at radius 1 is 1.06 bits per heavy atom. The molecule has 0 radical (unpaired) electrons. The van der Waals surface area contributed by atoms with Gasteiger partial charge in [-0.15, -0.1) is 0 Å². The number of carbonyl (C=O) groups is 1. The van der Waals surface area contributed by atoms with E-state index in [1.54, 1.807) is 37.6 Å². The van der Waals surface area contributed by atoms with Crippen LogP contribution in [0.2, 0.25) is 0 Å². The number of fused-ring (bicyclic) bond motifs is 1. The Morgan fingerprint density at radius 3 is 2.58 bits per heavy atom. The van der Waals surface area contributed by atoms with E-state index in [0.29, 0.717) is 22.8 Å². The van der Waals surface area contributed by atoms with E-state index < -0.39 is 9.84 Å². The molecule has 0 saturated heterocycles. The van der Waals surface area contributed by atoms with Gasteiger partial charge in [0.15, 0.2) is 15.5 Å². The number of pyridine rings is 1. The molecule has 8 nitrogen and oxygen atoms in total. The standard InChI is InChI=1S/C22H20N4O4S/c1-13(27)24-17-7-15(8-18(11-17)30-2)21-20-10-16(12-23-22(20)26-25-21)14-5-4-6-19(9-14)31(3,28)29/h4-12H,1-3H3,(H,24,27)(H,23,25,26). The number of carbonyl (C=O) groups excluding carboxylic acids is 1. The number of ether oxygens (including phenoxy) is 1. The summed E-state index contributed by atoms with van der Waals surface area (Å²) in [6, 6.07) is 14.0. The van der Waals surface area contributed by atoms with Crippen LogP contribution >= 0.6 is 0 Å². The molecule has 0 aliphatic heterocycles. The minimum absolute atomic E-state index is 0.191. The third kappa shape index (κ3) is 4.26. The number of benzene rings is 2. The molecule has 0 unspecified atom stereocenters. The summed E-state index contributed by atoms with van der Waals surface area (Å²) in [5.74, 6) is 0.386. The van der Waals surface area contributed by atoms with Crippen LogP contribution in [0.3, 0.4) is 0 Å². The molecule has 0 fully saturated rings. The Kier molecular flexibility index (Phi) is 5.20. The van der Waals surface area contributed by atoms with Crippen molar-refractivity contribution >= 4 is 32.5 Å². The van der Waals surface area contributed by atoms with Crippen LogP contribution in [-0.2, 0) is 14.6 Å². The number of nitrogens with zero attached hydrogens (tertiary/aromatic N) is 2. The summed E-state index contributed by atoms with van der Waals surface area (Å²) >= 11 is 0. The van der Waals surface area contributed by atoms with Gasteiger partial charge in [-0.2, -0.15) is 5.10 Å². The van der Waals surface area contributed by atoms with Crippen LogP contribution < -0.4 is 10.1 Å². The van der Waals surface area contributed by atoms with E-state index in [1.807, 2.05) is 24.3 Å². The molecule has 0 aliphatic rings. The first-order valence-corrected chi connectivity index (χ1v) is 11.3. The van der Waals surface area contributed by atoms with Crippen LogP contribution in [0.5, 0.6) is 5.75 Å². The normalized spacial score (nSPS) is 11.5. The van der Waals surface area contributed by atoms with Gasteiger partial charge in [-0.25, -0.2) is 13.4 Å². The predicted octanol–water partition coefficient (Wildman–Crippen LogP) is 3.66. The summed E-state index contributed by atoms with van der Waals surface area (Å²) in [6.45, 7) is 1.44. The molecule has 0 saturated carbocycles. The maximum atomic E-state index is 11.9. The fourth-order valence-electron chi connectivity index (χ4n) is 3.32. The molecular weight excluding hydrogens is 416 g/mol. The summed E-state index contributed by atoms with van der Waals surface area (Å²) < 4.78 is 29.2. The molecule has 4 rings (SSSR count). The minimum Gasteiger partial charge on any atom is -0.497 e. The largest absolute Gasteiger partial charge is 0.497 e. The van der Waals surface area contributed by atoms with E-state index >= 15 is 0 Å². The Morgan fingerprint density at radius 2 is 1.87 bits per heavy atom. The molecule has 2 heterocycles. The van der Waals surface area contributed by atoms with Crippen LogP contribution in [-0.4, -0.2) is 42.9 Å². The van der Waals surface area contributed by atoms with Crippen molar-refractivity contribution in [1.29, 1.82) is 0 Å². The monoisotopic (exact) mass is 436 g/mol. The van der Waals surface area contributed by atoms with Crippen LogP contribution in [0.1, 0.15) is 6.92 Å². The second-order valence-electron chi connectivity index (χ2n) is 7.13. The second kappa shape index (κ2) is 7.84. The number of hydrogen-bond donors (Lipinski definition) is 2. The molecule has 0 spiro atoms. The number of hydrogen-bond acceptors (Lipinski definition) is 6. The van der Waals surface area contributed by atoms with Crippen molar-refractivity contribution in [3.63, 3.8) is 0 Å². The lowest BCUT2D eigenvalue weighted by atomic mass is 10.0. The van der Waals surface area contributed by atoms with E-state index in [-0.39, 0.29) is 10.8 Å². The quantitative estimate of drug-likeness (QED) is 0.493. The maximum Gasteiger partial charge on any atom is 0.221 e. The molecule has 2 aromatic carbocycles. The van der Waals surface area contributed by atoms with Crippen LogP contribution in [0, 0.1) is 0 Å². The Balaban J connectivity index is 1.84. The lowest BCUT2D eigenvalue weighted by Crippen LogP contribution is -2.06. The molecule has 0 aliphatic carbocycles. The fourth-order valence-corrected chi connectivity index (χ4v) is 3.99. The van der Waals surface area contributed by atoms with Crippen molar-refractivity contribution in [3.8, 4) is 28.1 Å². The van der Waals surface area contributed by atoms with Gasteiger partial charge >= 0.3 is 0 Å². The Labute approximate surface area is 179 Å². The molecule has 2 N–H and O–H groups in total. The van der Waals surface area contributed by atoms with Crippen molar-refractivity contribution in [1.82, 2.24) is 15.2 Å². The first-order valence-electron chi connectivity index (χ1n) is 9.36. The first-order chi connectivity index (χ1) is 14.7. The molecule has 4 aromatic rings. The van der Waals surface area contributed by atoms with Gasteiger partial charge in [0, 0.05) is 47.6 Å². The highest BCUT2D eigenvalue weighted by Gasteiger charge is 2.14. The van der Waals surface area contributed by atoms with Gasteiger partial charge in [-0.1, -0.05) is 12.1 Å². The molecular formula is C22H20N4O4S. The molecule has 1 amide bonds. The molecule has 2 aromatic heterocycles. The van der Waals surface area contributed by atoms with Gasteiger partial charge in [0.1, 0.15) is 5.75 Å². The van der Waals surface area contributed by atoms with Gasteiger partial charge in [0.25, 0.3) is 0 Å². The van der Waals surface area contributed by atoms with E-state index in [4.69, 9.17) is 4.74 Å². The zero-order valence-corrected chi connectivity index (χ0v) is 17.9. The SMILES string of the molecule is COc1cc(NC(C)=O)cc(-c2[nH]nc3ncc(-c4cccc(S(C)(=O)=O)c4)cc23)c1. The lowest BCUT2D eigenvalue weighted by molar-refractivity contribution is -0.114. The van der Waals surface area contributed by atoms with Crippen LogP contribution in [0.15, 0.2) is 59.6 Å². The first kappa shape index (κ1) is 20.5. The minimum atomic E-state index is -3.33. The Bertz CT molecular complexity index is 1410. The summed E-state index contributed by atoms with van der Waals surface area (Å²) in [5.41, 5.74) is 4.06. The number of anilines is 1. The molecule has 9 heteroatoms. The number of aromatic amines is 1. The zero-order chi connectivity index (χ0) is 22.2.